The van der Waals surface area contributed by atoms with Crippen LogP contribution in [0.3, 0.4) is 0 Å². The highest BCUT2D eigenvalue weighted by Gasteiger charge is 2.00. The van der Waals surface area contributed by atoms with Gasteiger partial charge in [-0.05, 0) is 6.07 Å². The SMILES string of the molecule is NNc1cccc(Oc2cncc(Cl)c2)n1. The number of pyridine rings is 2. The number of nitrogens with one attached hydrogen (secondary N) is 1. The smallest absolute Gasteiger partial charge is 0.221 e. The third-order valence-corrected chi connectivity index (χ3v) is 1.98. The van der Waals surface area contributed by atoms with Gasteiger partial charge in [-0.3, -0.25) is 4.98 Å². The fourth-order valence-corrected chi connectivity index (χ4v) is 1.28. The zero-order valence-corrected chi connectivity index (χ0v) is 8.98. The van der Waals surface area contributed by atoms with Gasteiger partial charge in [0.05, 0.1) is 11.2 Å². The van der Waals surface area contributed by atoms with Gasteiger partial charge in [-0.25, -0.2) is 5.84 Å². The first-order chi connectivity index (χ1) is 7.78. The quantitative estimate of drug-likeness (QED) is 0.631. The Morgan fingerprint density at radius 1 is 1.31 bits per heavy atom. The number of ether oxygens (including phenoxy) is 1. The Hall–Kier alpha value is -1.85. The average Bonchev–Trinajstić information content (AvgIpc) is 2.29. The van der Waals surface area contributed by atoms with E-state index in [0.717, 1.165) is 0 Å². The third-order valence-electron chi connectivity index (χ3n) is 1.77. The minimum atomic E-state index is 0.416. The zero-order valence-electron chi connectivity index (χ0n) is 8.22. The molecule has 0 aliphatic rings. The van der Waals surface area contributed by atoms with Crippen molar-refractivity contribution >= 4 is 17.4 Å². The summed E-state index contributed by atoms with van der Waals surface area (Å²) < 4.78 is 5.45. The molecule has 0 amide bonds. The van der Waals surface area contributed by atoms with E-state index in [1.807, 2.05) is 0 Å². The van der Waals surface area contributed by atoms with Crippen molar-refractivity contribution in [3.05, 3.63) is 41.7 Å². The number of nitrogens with two attached hydrogens (primary N) is 1. The standard InChI is InChI=1S/C10H9ClN4O/c11-7-4-8(6-13-5-7)16-10-3-1-2-9(14-10)15-12/h1-6H,12H2,(H,14,15). The molecule has 0 aliphatic heterocycles. The highest BCUT2D eigenvalue weighted by molar-refractivity contribution is 6.30. The topological polar surface area (TPSA) is 73.1 Å². The number of halogens is 1. The molecule has 0 saturated heterocycles. The van der Waals surface area contributed by atoms with E-state index in [-0.39, 0.29) is 0 Å². The van der Waals surface area contributed by atoms with Crippen molar-refractivity contribution in [1.82, 2.24) is 9.97 Å². The molecule has 0 aliphatic carbocycles. The van der Waals surface area contributed by atoms with E-state index in [1.165, 1.54) is 6.20 Å². The summed E-state index contributed by atoms with van der Waals surface area (Å²) in [5.74, 6) is 6.69. The second kappa shape index (κ2) is 4.78. The van der Waals surface area contributed by atoms with Crippen molar-refractivity contribution in [2.75, 3.05) is 5.43 Å². The van der Waals surface area contributed by atoms with Gasteiger partial charge in [0.25, 0.3) is 0 Å². The molecule has 5 nitrogen and oxygen atoms in total. The molecule has 0 unspecified atom stereocenters. The molecule has 2 heterocycles. The molecule has 0 fully saturated rings. The van der Waals surface area contributed by atoms with Gasteiger partial charge < -0.3 is 10.2 Å². The van der Waals surface area contributed by atoms with Gasteiger partial charge in [-0.2, -0.15) is 4.98 Å². The first-order valence-corrected chi connectivity index (χ1v) is 4.88. The van der Waals surface area contributed by atoms with Crippen molar-refractivity contribution < 1.29 is 4.74 Å². The van der Waals surface area contributed by atoms with Crippen LogP contribution in [0.1, 0.15) is 0 Å². The molecule has 3 N–H and O–H groups in total. The van der Waals surface area contributed by atoms with Crippen LogP contribution in [0, 0.1) is 0 Å². The number of anilines is 1. The molecular weight excluding hydrogens is 228 g/mol. The number of rotatable bonds is 3. The second-order valence-electron chi connectivity index (χ2n) is 2.95. The fraction of sp³-hybridized carbons (Fsp3) is 0. The number of nitrogen functional groups attached to an aromatic ring is 1. The van der Waals surface area contributed by atoms with Crippen molar-refractivity contribution in [2.24, 2.45) is 5.84 Å². The molecule has 82 valence electrons. The first kappa shape index (κ1) is 10.7. The van der Waals surface area contributed by atoms with Gasteiger partial charge in [0.2, 0.25) is 5.88 Å². The van der Waals surface area contributed by atoms with Crippen LogP contribution in [-0.4, -0.2) is 9.97 Å². The Bertz CT molecular complexity index is 492. The summed E-state index contributed by atoms with van der Waals surface area (Å²) in [7, 11) is 0. The number of nitrogens with zero attached hydrogens (tertiary/aromatic N) is 2. The maximum absolute atomic E-state index is 5.77. The molecular formula is C10H9ClN4O. The average molecular weight is 237 g/mol. The summed E-state index contributed by atoms with van der Waals surface area (Å²) in [6.07, 6.45) is 3.08. The monoisotopic (exact) mass is 236 g/mol. The molecule has 16 heavy (non-hydrogen) atoms. The highest BCUT2D eigenvalue weighted by atomic mass is 35.5. The molecule has 0 atom stereocenters. The lowest BCUT2D eigenvalue weighted by Gasteiger charge is -2.05. The molecule has 0 spiro atoms. The Morgan fingerprint density at radius 2 is 2.19 bits per heavy atom. The van der Waals surface area contributed by atoms with Crippen molar-refractivity contribution in [3.8, 4) is 11.6 Å². The van der Waals surface area contributed by atoms with Crippen LogP contribution in [0.15, 0.2) is 36.7 Å². The number of hydrogen-bond donors (Lipinski definition) is 2. The van der Waals surface area contributed by atoms with E-state index in [0.29, 0.717) is 22.5 Å². The van der Waals surface area contributed by atoms with Crippen LogP contribution in [0.2, 0.25) is 5.02 Å². The van der Waals surface area contributed by atoms with Gasteiger partial charge in [0.1, 0.15) is 11.6 Å². The van der Waals surface area contributed by atoms with Crippen LogP contribution in [0.5, 0.6) is 11.6 Å². The molecule has 6 heteroatoms. The molecule has 0 radical (unpaired) electrons. The molecule has 0 aromatic carbocycles. The third kappa shape index (κ3) is 2.59. The zero-order chi connectivity index (χ0) is 11.4. The fourth-order valence-electron chi connectivity index (χ4n) is 1.12. The summed E-state index contributed by atoms with van der Waals surface area (Å²) >= 11 is 5.77. The minimum absolute atomic E-state index is 0.416. The molecule has 2 aromatic rings. The lowest BCUT2D eigenvalue weighted by atomic mass is 10.4. The van der Waals surface area contributed by atoms with Crippen LogP contribution >= 0.6 is 11.6 Å². The van der Waals surface area contributed by atoms with Crippen LogP contribution in [0.4, 0.5) is 5.82 Å². The normalized spacial score (nSPS) is 9.88. The summed E-state index contributed by atoms with van der Waals surface area (Å²) in [5, 5.41) is 0.505. The first-order valence-electron chi connectivity index (χ1n) is 4.50. The van der Waals surface area contributed by atoms with Crippen molar-refractivity contribution in [1.29, 1.82) is 0 Å². The van der Waals surface area contributed by atoms with Crippen molar-refractivity contribution in [2.45, 2.75) is 0 Å². The molecule has 2 aromatic heterocycles. The number of hydrazine groups is 1. The van der Waals surface area contributed by atoms with E-state index in [9.17, 15) is 0 Å². The summed E-state index contributed by atoms with van der Waals surface area (Å²) in [6.45, 7) is 0. The molecule has 0 saturated carbocycles. The number of hydrogen-bond acceptors (Lipinski definition) is 5. The van der Waals surface area contributed by atoms with Gasteiger partial charge in [-0.15, -0.1) is 0 Å². The maximum atomic E-state index is 5.77. The summed E-state index contributed by atoms with van der Waals surface area (Å²) in [6, 6.07) is 6.86. The Labute approximate surface area is 97.2 Å². The number of aromatic nitrogens is 2. The predicted octanol–water partition coefficient (Wildman–Crippen LogP) is 2.21. The van der Waals surface area contributed by atoms with E-state index >= 15 is 0 Å². The van der Waals surface area contributed by atoms with E-state index in [1.54, 1.807) is 30.5 Å². The largest absolute Gasteiger partial charge is 0.437 e. The van der Waals surface area contributed by atoms with E-state index in [2.05, 4.69) is 15.4 Å². The lowest BCUT2D eigenvalue weighted by molar-refractivity contribution is 0.461. The summed E-state index contributed by atoms with van der Waals surface area (Å²) in [4.78, 5) is 7.98. The lowest BCUT2D eigenvalue weighted by Crippen LogP contribution is -2.08. The van der Waals surface area contributed by atoms with Gasteiger partial charge in [0.15, 0.2) is 0 Å². The van der Waals surface area contributed by atoms with Crippen LogP contribution in [0.25, 0.3) is 0 Å². The van der Waals surface area contributed by atoms with Gasteiger partial charge in [0, 0.05) is 18.3 Å². The Kier molecular flexibility index (Phi) is 3.19. The Balaban J connectivity index is 2.20. The Morgan fingerprint density at radius 3 is 2.94 bits per heavy atom. The summed E-state index contributed by atoms with van der Waals surface area (Å²) in [5.41, 5.74) is 2.43. The van der Waals surface area contributed by atoms with Gasteiger partial charge >= 0.3 is 0 Å². The predicted molar refractivity (Wildman–Crippen MR) is 61.4 cm³/mol. The van der Waals surface area contributed by atoms with Gasteiger partial charge in [-0.1, -0.05) is 17.7 Å². The van der Waals surface area contributed by atoms with E-state index < -0.39 is 0 Å². The van der Waals surface area contributed by atoms with Crippen LogP contribution in [-0.2, 0) is 0 Å². The van der Waals surface area contributed by atoms with Crippen molar-refractivity contribution in [3.63, 3.8) is 0 Å². The minimum Gasteiger partial charge on any atom is -0.437 e. The van der Waals surface area contributed by atoms with Crippen LogP contribution < -0.4 is 16.0 Å². The highest BCUT2D eigenvalue weighted by Crippen LogP contribution is 2.22. The second-order valence-corrected chi connectivity index (χ2v) is 3.38. The van der Waals surface area contributed by atoms with E-state index in [4.69, 9.17) is 22.2 Å². The maximum Gasteiger partial charge on any atom is 0.221 e. The molecule has 0 bridgehead atoms. The molecule has 2 rings (SSSR count).